The Balaban J connectivity index is 1.94. The quantitative estimate of drug-likeness (QED) is 0.588. The Morgan fingerprint density at radius 1 is 1.03 bits per heavy atom. The number of nitrogens with zero attached hydrogens (tertiary/aromatic N) is 2. The van der Waals surface area contributed by atoms with Gasteiger partial charge in [0.2, 0.25) is 11.8 Å². The van der Waals surface area contributed by atoms with E-state index in [0.717, 1.165) is 17.5 Å². The van der Waals surface area contributed by atoms with E-state index >= 15 is 0 Å². The number of hydrogen-bond donors (Lipinski definition) is 1. The number of benzene rings is 2. The minimum absolute atomic E-state index is 0.0438. The molecule has 0 saturated carbocycles. The second-order valence-corrected chi connectivity index (χ2v) is 10.3. The first-order valence-electron chi connectivity index (χ1n) is 11.4. The van der Waals surface area contributed by atoms with E-state index in [-0.39, 0.29) is 29.0 Å². The van der Waals surface area contributed by atoms with Crippen LogP contribution in [0.3, 0.4) is 0 Å². The lowest BCUT2D eigenvalue weighted by Gasteiger charge is -2.32. The van der Waals surface area contributed by atoms with Crippen molar-refractivity contribution in [1.29, 1.82) is 0 Å². The van der Waals surface area contributed by atoms with Gasteiger partial charge in [-0.25, -0.2) is 12.7 Å². The van der Waals surface area contributed by atoms with Gasteiger partial charge in [-0.2, -0.15) is 0 Å². The molecular formula is C25H31N3O5S. The lowest BCUT2D eigenvalue weighted by Crippen LogP contribution is -2.53. The van der Waals surface area contributed by atoms with Crippen molar-refractivity contribution in [2.45, 2.75) is 64.1 Å². The summed E-state index contributed by atoms with van der Waals surface area (Å²) < 4.78 is 26.6. The van der Waals surface area contributed by atoms with Crippen molar-refractivity contribution in [3.05, 3.63) is 65.2 Å². The van der Waals surface area contributed by atoms with Crippen molar-refractivity contribution in [3.8, 4) is 0 Å². The van der Waals surface area contributed by atoms with Crippen molar-refractivity contribution in [3.63, 3.8) is 0 Å². The average Bonchev–Trinajstić information content (AvgIpc) is 3.00. The lowest BCUT2D eigenvalue weighted by molar-refractivity contribution is -0.141. The van der Waals surface area contributed by atoms with E-state index < -0.39 is 34.4 Å². The molecule has 182 valence electrons. The number of fused-ring (bicyclic) bond motifs is 1. The maximum absolute atomic E-state index is 13.5. The summed E-state index contributed by atoms with van der Waals surface area (Å²) >= 11 is 0. The van der Waals surface area contributed by atoms with Gasteiger partial charge in [0.05, 0.1) is 5.56 Å². The Hall–Kier alpha value is -3.20. The predicted octanol–water partition coefficient (Wildman–Crippen LogP) is 2.86. The Morgan fingerprint density at radius 2 is 1.68 bits per heavy atom. The third kappa shape index (κ3) is 4.99. The molecule has 9 heteroatoms. The number of nitrogens with one attached hydrogen (secondary N) is 1. The second-order valence-electron chi connectivity index (χ2n) is 8.50. The van der Waals surface area contributed by atoms with Crippen LogP contribution in [-0.4, -0.2) is 54.0 Å². The van der Waals surface area contributed by atoms with Gasteiger partial charge in [0.15, 0.2) is 0 Å². The van der Waals surface area contributed by atoms with Gasteiger partial charge in [0.25, 0.3) is 15.9 Å². The molecule has 0 spiro atoms. The summed E-state index contributed by atoms with van der Waals surface area (Å²) in [7, 11) is -4.15. The van der Waals surface area contributed by atoms with Gasteiger partial charge in [-0.3, -0.25) is 14.4 Å². The molecule has 1 heterocycles. The molecule has 8 nitrogen and oxygen atoms in total. The first-order valence-corrected chi connectivity index (χ1v) is 12.9. The Labute approximate surface area is 201 Å². The molecule has 0 radical (unpaired) electrons. The highest BCUT2D eigenvalue weighted by atomic mass is 32.2. The average molecular weight is 486 g/mol. The minimum Gasteiger partial charge on any atom is -0.352 e. The maximum Gasteiger partial charge on any atom is 0.269 e. The van der Waals surface area contributed by atoms with E-state index in [2.05, 4.69) is 5.32 Å². The van der Waals surface area contributed by atoms with Crippen LogP contribution in [0.2, 0.25) is 0 Å². The van der Waals surface area contributed by atoms with Crippen LogP contribution >= 0.6 is 0 Å². The topological polar surface area (TPSA) is 104 Å². The van der Waals surface area contributed by atoms with E-state index in [1.54, 1.807) is 13.0 Å². The molecule has 2 atom stereocenters. The molecule has 1 N–H and O–H groups in total. The summed E-state index contributed by atoms with van der Waals surface area (Å²) in [5.74, 6) is -1.66. The lowest BCUT2D eigenvalue weighted by atomic mass is 10.1. The summed E-state index contributed by atoms with van der Waals surface area (Å²) in [6.07, 6.45) is 1.06. The number of amides is 3. The summed E-state index contributed by atoms with van der Waals surface area (Å²) in [6.45, 7) is 6.98. The molecule has 34 heavy (non-hydrogen) atoms. The maximum atomic E-state index is 13.5. The first-order chi connectivity index (χ1) is 16.1. The van der Waals surface area contributed by atoms with Crippen LogP contribution in [0.5, 0.6) is 0 Å². The molecule has 1 aliphatic heterocycles. The van der Waals surface area contributed by atoms with Crippen molar-refractivity contribution in [2.75, 3.05) is 6.54 Å². The van der Waals surface area contributed by atoms with E-state index in [0.29, 0.717) is 10.7 Å². The molecule has 0 fully saturated rings. The van der Waals surface area contributed by atoms with Gasteiger partial charge < -0.3 is 10.2 Å². The number of rotatable bonds is 9. The molecule has 1 aliphatic rings. The fourth-order valence-corrected chi connectivity index (χ4v) is 5.45. The molecular weight excluding hydrogens is 454 g/mol. The van der Waals surface area contributed by atoms with Gasteiger partial charge in [-0.15, -0.1) is 0 Å². The van der Waals surface area contributed by atoms with Crippen molar-refractivity contribution in [2.24, 2.45) is 0 Å². The Morgan fingerprint density at radius 3 is 2.29 bits per heavy atom. The normalized spacial score (nSPS) is 16.0. The van der Waals surface area contributed by atoms with E-state index in [9.17, 15) is 22.8 Å². The van der Waals surface area contributed by atoms with Gasteiger partial charge >= 0.3 is 0 Å². The fraction of sp³-hybridized carbons (Fsp3) is 0.400. The predicted molar refractivity (Wildman–Crippen MR) is 128 cm³/mol. The molecule has 0 aliphatic carbocycles. The van der Waals surface area contributed by atoms with Gasteiger partial charge in [0.1, 0.15) is 17.5 Å². The summed E-state index contributed by atoms with van der Waals surface area (Å²) in [6, 6.07) is 12.5. The zero-order chi connectivity index (χ0) is 25.0. The number of sulfonamides is 1. The number of carbonyl (C=O) groups excluding carboxylic acids is 3. The van der Waals surface area contributed by atoms with E-state index in [4.69, 9.17) is 0 Å². The monoisotopic (exact) mass is 485 g/mol. The molecule has 0 unspecified atom stereocenters. The third-order valence-corrected chi connectivity index (χ3v) is 7.97. The summed E-state index contributed by atoms with van der Waals surface area (Å²) in [4.78, 5) is 40.7. The Bertz CT molecular complexity index is 1190. The van der Waals surface area contributed by atoms with Crippen molar-refractivity contribution >= 4 is 27.7 Å². The molecule has 0 aromatic heterocycles. The van der Waals surface area contributed by atoms with Crippen LogP contribution in [0, 0.1) is 6.92 Å². The van der Waals surface area contributed by atoms with Crippen molar-refractivity contribution in [1.82, 2.24) is 14.5 Å². The molecule has 3 rings (SSSR count). The molecule has 0 bridgehead atoms. The zero-order valence-corrected chi connectivity index (χ0v) is 20.8. The van der Waals surface area contributed by atoms with E-state index in [1.165, 1.54) is 23.1 Å². The van der Waals surface area contributed by atoms with Crippen LogP contribution in [0.15, 0.2) is 53.4 Å². The minimum atomic E-state index is -4.15. The van der Waals surface area contributed by atoms with Crippen LogP contribution in [0.1, 0.15) is 55.1 Å². The number of carbonyl (C=O) groups is 3. The van der Waals surface area contributed by atoms with E-state index in [1.807, 2.05) is 45.0 Å². The summed E-state index contributed by atoms with van der Waals surface area (Å²) in [5.41, 5.74) is 1.82. The fourth-order valence-electron chi connectivity index (χ4n) is 3.93. The van der Waals surface area contributed by atoms with Gasteiger partial charge in [-0.1, -0.05) is 50.2 Å². The largest absolute Gasteiger partial charge is 0.352 e. The SMILES string of the molecule is CC[C@@H](C)NC(=O)[C@H](CC)N(Cc1ccccc1C)C(=O)CN1C(=O)c2ccccc2S1(=O)=O. The molecule has 0 saturated heterocycles. The standard InChI is InChI=1S/C25H31N3O5S/c1-5-18(4)26-24(30)21(6-2)27(15-19-12-8-7-11-17(19)3)23(29)16-28-25(31)20-13-9-10-14-22(20)34(28,32)33/h7-14,18,21H,5-6,15-16H2,1-4H3,(H,26,30)/t18-,21+/m1/s1. The summed E-state index contributed by atoms with van der Waals surface area (Å²) in [5, 5.41) is 2.92. The number of aryl methyl sites for hydroxylation is 1. The van der Waals surface area contributed by atoms with Crippen LogP contribution in [0.4, 0.5) is 0 Å². The first kappa shape index (κ1) is 25.4. The molecule has 3 amide bonds. The highest BCUT2D eigenvalue weighted by molar-refractivity contribution is 7.90. The van der Waals surface area contributed by atoms with Crippen LogP contribution < -0.4 is 5.32 Å². The second kappa shape index (κ2) is 10.4. The Kier molecular flexibility index (Phi) is 7.76. The molecule has 2 aromatic rings. The van der Waals surface area contributed by atoms with Gasteiger partial charge in [-0.05, 0) is 49.9 Å². The van der Waals surface area contributed by atoms with Crippen LogP contribution in [-0.2, 0) is 26.2 Å². The van der Waals surface area contributed by atoms with Gasteiger partial charge in [0, 0.05) is 12.6 Å². The molecule has 2 aromatic carbocycles. The smallest absolute Gasteiger partial charge is 0.269 e. The number of hydrogen-bond acceptors (Lipinski definition) is 5. The van der Waals surface area contributed by atoms with Crippen LogP contribution in [0.25, 0.3) is 0 Å². The zero-order valence-electron chi connectivity index (χ0n) is 19.9. The highest BCUT2D eigenvalue weighted by Gasteiger charge is 2.43. The highest BCUT2D eigenvalue weighted by Crippen LogP contribution is 2.30. The van der Waals surface area contributed by atoms with Crippen molar-refractivity contribution < 1.29 is 22.8 Å². The third-order valence-electron chi connectivity index (χ3n) is 6.18.